The van der Waals surface area contributed by atoms with Crippen LogP contribution in [0.15, 0.2) is 11.4 Å². The Hall–Kier alpha value is -0.110. The van der Waals surface area contributed by atoms with Crippen molar-refractivity contribution in [3.63, 3.8) is 0 Å². The molecular weight excluding hydrogens is 163 g/mol. The molecule has 1 rings (SSSR count). The van der Waals surface area contributed by atoms with Crippen molar-refractivity contribution >= 4 is 7.37 Å². The molecule has 1 aliphatic carbocycles. The van der Waals surface area contributed by atoms with E-state index in [0.29, 0.717) is 11.7 Å². The van der Waals surface area contributed by atoms with Crippen LogP contribution >= 0.6 is 7.37 Å². The van der Waals surface area contributed by atoms with Gasteiger partial charge in [-0.3, -0.25) is 4.57 Å². The first-order valence-electron chi connectivity index (χ1n) is 3.79. The molecule has 1 atom stereocenters. The standard InChI is InChI=1S/C7H13O3P/c8-6-11(9,10)7-4-2-1-3-5-7/h4,8H,1-3,5-6H2,(H,9,10). The summed E-state index contributed by atoms with van der Waals surface area (Å²) in [5, 5.41) is 9.15. The van der Waals surface area contributed by atoms with Gasteiger partial charge >= 0.3 is 0 Å². The average Bonchev–Trinajstić information content (AvgIpc) is 2.06. The molecule has 2 N–H and O–H groups in total. The minimum absolute atomic E-state index is 0.561. The van der Waals surface area contributed by atoms with Crippen LogP contribution in [0, 0.1) is 0 Å². The van der Waals surface area contributed by atoms with Gasteiger partial charge in [-0.05, 0) is 25.7 Å². The molecule has 0 aliphatic heterocycles. The summed E-state index contributed by atoms with van der Waals surface area (Å²) in [6.45, 7) is 0. The summed E-state index contributed by atoms with van der Waals surface area (Å²) in [7, 11) is -3.33. The van der Waals surface area contributed by atoms with Gasteiger partial charge in [-0.15, -0.1) is 0 Å². The maximum absolute atomic E-state index is 11.2. The van der Waals surface area contributed by atoms with Crippen molar-refractivity contribution < 1.29 is 14.6 Å². The van der Waals surface area contributed by atoms with Crippen molar-refractivity contribution in [1.29, 1.82) is 0 Å². The highest BCUT2D eigenvalue weighted by Crippen LogP contribution is 2.51. The summed E-state index contributed by atoms with van der Waals surface area (Å²) in [5.74, 6) is 0. The summed E-state index contributed by atoms with van der Waals surface area (Å²) in [6, 6.07) is 0. The Labute approximate surface area is 66.2 Å². The van der Waals surface area contributed by atoms with Crippen LogP contribution in [-0.4, -0.2) is 16.3 Å². The molecule has 0 saturated heterocycles. The predicted molar refractivity (Wildman–Crippen MR) is 43.5 cm³/mol. The quantitative estimate of drug-likeness (QED) is 0.629. The predicted octanol–water partition coefficient (Wildman–Crippen LogP) is 1.66. The zero-order chi connectivity index (χ0) is 8.32. The summed E-state index contributed by atoms with van der Waals surface area (Å²) < 4.78 is 11.2. The van der Waals surface area contributed by atoms with Crippen LogP contribution in [0.25, 0.3) is 0 Å². The van der Waals surface area contributed by atoms with Gasteiger partial charge in [0.2, 0.25) is 7.37 Å². The number of allylic oxidation sites excluding steroid dienone is 2. The lowest BCUT2D eigenvalue weighted by Gasteiger charge is -2.16. The number of hydrogen-bond acceptors (Lipinski definition) is 2. The van der Waals surface area contributed by atoms with Gasteiger partial charge in [0, 0.05) is 5.31 Å². The van der Waals surface area contributed by atoms with Crippen LogP contribution < -0.4 is 0 Å². The molecule has 1 unspecified atom stereocenters. The molecule has 11 heavy (non-hydrogen) atoms. The van der Waals surface area contributed by atoms with Gasteiger partial charge in [-0.1, -0.05) is 6.08 Å². The molecule has 0 radical (unpaired) electrons. The number of aliphatic hydroxyl groups is 1. The zero-order valence-corrected chi connectivity index (χ0v) is 7.26. The Bertz CT molecular complexity index is 210. The van der Waals surface area contributed by atoms with Crippen LogP contribution in [0.1, 0.15) is 25.7 Å². The molecule has 0 aromatic rings. The van der Waals surface area contributed by atoms with E-state index in [2.05, 4.69) is 0 Å². The molecule has 0 amide bonds. The SMILES string of the molecule is O=P(O)(CO)C1=CCCCC1. The second-order valence-electron chi connectivity index (χ2n) is 2.78. The van der Waals surface area contributed by atoms with E-state index >= 15 is 0 Å². The monoisotopic (exact) mass is 176 g/mol. The summed E-state index contributed by atoms with van der Waals surface area (Å²) in [5.41, 5.74) is 0. The molecule has 0 fully saturated rings. The smallest absolute Gasteiger partial charge is 0.249 e. The molecule has 0 saturated carbocycles. The number of hydrogen-bond donors (Lipinski definition) is 2. The van der Waals surface area contributed by atoms with Gasteiger partial charge < -0.3 is 10.00 Å². The van der Waals surface area contributed by atoms with E-state index < -0.39 is 13.7 Å². The minimum atomic E-state index is -3.33. The molecule has 0 heterocycles. The molecule has 1 aliphatic rings. The van der Waals surface area contributed by atoms with Gasteiger partial charge in [-0.2, -0.15) is 0 Å². The van der Waals surface area contributed by atoms with E-state index in [1.165, 1.54) is 0 Å². The van der Waals surface area contributed by atoms with Crippen LogP contribution in [-0.2, 0) is 4.57 Å². The highest BCUT2D eigenvalue weighted by atomic mass is 31.2. The Morgan fingerprint density at radius 2 is 2.27 bits per heavy atom. The molecule has 0 aromatic heterocycles. The van der Waals surface area contributed by atoms with Crippen molar-refractivity contribution in [2.45, 2.75) is 25.7 Å². The Kier molecular flexibility index (Phi) is 2.88. The Morgan fingerprint density at radius 3 is 2.73 bits per heavy atom. The van der Waals surface area contributed by atoms with E-state index in [9.17, 15) is 9.46 Å². The van der Waals surface area contributed by atoms with E-state index in [4.69, 9.17) is 5.11 Å². The third-order valence-electron chi connectivity index (χ3n) is 1.91. The van der Waals surface area contributed by atoms with Crippen molar-refractivity contribution in [2.75, 3.05) is 6.35 Å². The second-order valence-corrected chi connectivity index (χ2v) is 5.04. The van der Waals surface area contributed by atoms with E-state index in [-0.39, 0.29) is 0 Å². The largest absolute Gasteiger partial charge is 0.386 e. The maximum Gasteiger partial charge on any atom is 0.249 e. The van der Waals surface area contributed by atoms with Gasteiger partial charge in [0.05, 0.1) is 0 Å². The van der Waals surface area contributed by atoms with Gasteiger partial charge in [0.25, 0.3) is 0 Å². The number of aliphatic hydroxyl groups excluding tert-OH is 1. The van der Waals surface area contributed by atoms with E-state index in [0.717, 1.165) is 19.3 Å². The second kappa shape index (κ2) is 3.53. The highest BCUT2D eigenvalue weighted by Gasteiger charge is 2.23. The molecule has 0 bridgehead atoms. The van der Waals surface area contributed by atoms with Gasteiger partial charge in [-0.25, -0.2) is 0 Å². The summed E-state index contributed by atoms with van der Waals surface area (Å²) >= 11 is 0. The minimum Gasteiger partial charge on any atom is -0.386 e. The van der Waals surface area contributed by atoms with Gasteiger partial charge in [0.1, 0.15) is 6.35 Å². The Morgan fingerprint density at radius 1 is 1.55 bits per heavy atom. The molecule has 64 valence electrons. The van der Waals surface area contributed by atoms with E-state index in [1.807, 2.05) is 0 Å². The van der Waals surface area contributed by atoms with Crippen molar-refractivity contribution in [2.24, 2.45) is 0 Å². The lowest BCUT2D eigenvalue weighted by atomic mass is 10.1. The normalized spacial score (nSPS) is 24.0. The van der Waals surface area contributed by atoms with Crippen LogP contribution in [0.3, 0.4) is 0 Å². The topological polar surface area (TPSA) is 57.5 Å². The van der Waals surface area contributed by atoms with E-state index in [1.54, 1.807) is 6.08 Å². The summed E-state index contributed by atoms with van der Waals surface area (Å²) in [6.07, 6.45) is 4.79. The van der Waals surface area contributed by atoms with Crippen molar-refractivity contribution in [3.8, 4) is 0 Å². The first-order chi connectivity index (χ1) is 5.17. The molecule has 0 aromatic carbocycles. The van der Waals surface area contributed by atoms with Crippen LogP contribution in [0.4, 0.5) is 0 Å². The Balaban J connectivity index is 2.72. The van der Waals surface area contributed by atoms with Crippen molar-refractivity contribution in [1.82, 2.24) is 0 Å². The first kappa shape index (κ1) is 8.98. The third kappa shape index (κ3) is 2.16. The fourth-order valence-corrected chi connectivity index (χ4v) is 2.33. The third-order valence-corrected chi connectivity index (χ3v) is 3.59. The summed E-state index contributed by atoms with van der Waals surface area (Å²) in [4.78, 5) is 9.19. The first-order valence-corrected chi connectivity index (χ1v) is 5.63. The molecular formula is C7H13O3P. The number of rotatable bonds is 2. The lowest BCUT2D eigenvalue weighted by Crippen LogP contribution is -1.96. The lowest BCUT2D eigenvalue weighted by molar-refractivity contribution is 0.335. The fraction of sp³-hybridized carbons (Fsp3) is 0.714. The van der Waals surface area contributed by atoms with Crippen LogP contribution in [0.2, 0.25) is 0 Å². The molecule has 4 heteroatoms. The highest BCUT2D eigenvalue weighted by molar-refractivity contribution is 7.62. The van der Waals surface area contributed by atoms with Crippen LogP contribution in [0.5, 0.6) is 0 Å². The molecule has 0 spiro atoms. The maximum atomic E-state index is 11.2. The van der Waals surface area contributed by atoms with Crippen molar-refractivity contribution in [3.05, 3.63) is 11.4 Å². The zero-order valence-electron chi connectivity index (χ0n) is 6.36. The molecule has 3 nitrogen and oxygen atoms in total. The fourth-order valence-electron chi connectivity index (χ4n) is 1.23. The van der Waals surface area contributed by atoms with Gasteiger partial charge in [0.15, 0.2) is 0 Å². The average molecular weight is 176 g/mol.